The van der Waals surface area contributed by atoms with Crippen LogP contribution >= 0.6 is 11.3 Å². The average Bonchev–Trinajstić information content (AvgIpc) is 3.60. The molecule has 1 aromatic rings. The monoisotopic (exact) mass is 763 g/mol. The van der Waals surface area contributed by atoms with Crippen LogP contribution in [0.1, 0.15) is 120 Å². The molecule has 0 aromatic carbocycles. The normalized spacial score (nSPS) is 23.1. The van der Waals surface area contributed by atoms with Crippen LogP contribution in [0, 0.1) is 29.1 Å². The number of Topliss-reactive ketones (excluding diaryl/α,β-unsaturated/α-hetero) is 1. The van der Waals surface area contributed by atoms with E-state index in [1.165, 1.54) is 17.4 Å². The van der Waals surface area contributed by atoms with Gasteiger partial charge in [0.05, 0.1) is 10.9 Å². The van der Waals surface area contributed by atoms with Crippen LogP contribution in [0.4, 0.5) is 0 Å². The Morgan fingerprint density at radius 1 is 0.944 bits per heavy atom. The zero-order valence-electron chi connectivity index (χ0n) is 32.5. The van der Waals surface area contributed by atoms with Gasteiger partial charge >= 0.3 is 0 Å². The van der Waals surface area contributed by atoms with E-state index in [1.807, 2.05) is 19.2 Å². The van der Waals surface area contributed by atoms with E-state index in [4.69, 9.17) is 0 Å². The fraction of sp³-hybridized carbons (Fsp3) is 0.667. The van der Waals surface area contributed by atoms with Gasteiger partial charge in [-0.3, -0.25) is 28.8 Å². The van der Waals surface area contributed by atoms with Gasteiger partial charge in [-0.15, -0.1) is 17.9 Å². The van der Waals surface area contributed by atoms with Gasteiger partial charge in [-0.1, -0.05) is 96.4 Å². The van der Waals surface area contributed by atoms with Gasteiger partial charge in [0.25, 0.3) is 11.8 Å². The number of thiophene rings is 1. The van der Waals surface area contributed by atoms with E-state index >= 15 is 4.79 Å². The number of carbonyl (C=O) groups is 6. The van der Waals surface area contributed by atoms with Crippen molar-refractivity contribution in [2.75, 3.05) is 13.1 Å². The van der Waals surface area contributed by atoms with E-state index in [0.29, 0.717) is 17.7 Å². The summed E-state index contributed by atoms with van der Waals surface area (Å²) >= 11 is 1.32. The first-order chi connectivity index (χ1) is 25.8. The molecule has 12 heteroatoms. The molecule has 0 spiro atoms. The largest absolute Gasteiger partial charge is 0.346 e. The third kappa shape index (κ3) is 10.1. The first-order valence-electron chi connectivity index (χ1n) is 20.2. The van der Waals surface area contributed by atoms with E-state index in [2.05, 4.69) is 41.3 Å². The van der Waals surface area contributed by atoms with Gasteiger partial charge in [-0.05, 0) is 73.1 Å². The third-order valence-electron chi connectivity index (χ3n) is 12.4. The maximum atomic E-state index is 15.2. The minimum absolute atomic E-state index is 0.0310. The molecule has 0 bridgehead atoms. The average molecular weight is 764 g/mol. The molecule has 0 radical (unpaired) electrons. The highest BCUT2D eigenvalue weighted by atomic mass is 32.1. The van der Waals surface area contributed by atoms with Gasteiger partial charge in [-0.2, -0.15) is 0 Å². The van der Waals surface area contributed by atoms with E-state index in [0.717, 1.165) is 82.6 Å². The molecule has 5 atom stereocenters. The van der Waals surface area contributed by atoms with Gasteiger partial charge in [0.15, 0.2) is 0 Å². The van der Waals surface area contributed by atoms with Crippen molar-refractivity contribution in [3.63, 3.8) is 0 Å². The second kappa shape index (κ2) is 18.7. The van der Waals surface area contributed by atoms with Gasteiger partial charge in [0.1, 0.15) is 18.1 Å². The molecule has 5 amide bonds. The number of nitrogens with one attached hydrogen (secondary N) is 4. The predicted octanol–water partition coefficient (Wildman–Crippen LogP) is 5.47. The number of nitrogens with zero attached hydrogens (tertiary/aromatic N) is 1. The molecular weight excluding hydrogens is 703 g/mol. The molecule has 4 fully saturated rings. The Bertz CT molecular complexity index is 1540. The summed E-state index contributed by atoms with van der Waals surface area (Å²) < 4.78 is 0. The Balaban J connectivity index is 1.45. The molecule has 2 heterocycles. The summed E-state index contributed by atoms with van der Waals surface area (Å²) in [5.74, 6) is -3.19. The molecule has 3 aliphatic carbocycles. The van der Waals surface area contributed by atoms with Crippen LogP contribution in [-0.2, 0) is 24.0 Å². The van der Waals surface area contributed by atoms with Gasteiger partial charge < -0.3 is 26.2 Å². The molecule has 1 unspecified atom stereocenters. The summed E-state index contributed by atoms with van der Waals surface area (Å²) in [7, 11) is 0. The Kier molecular flexibility index (Phi) is 14.3. The lowest BCUT2D eigenvalue weighted by Gasteiger charge is -2.43. The number of hydrogen-bond acceptors (Lipinski definition) is 7. The fourth-order valence-corrected chi connectivity index (χ4v) is 9.46. The number of hydrogen-bond donors (Lipinski definition) is 4. The lowest BCUT2D eigenvalue weighted by molar-refractivity contribution is -0.147. The lowest BCUT2D eigenvalue weighted by atomic mass is 9.69. The van der Waals surface area contributed by atoms with Crippen LogP contribution in [0.25, 0.3) is 0 Å². The topological polar surface area (TPSA) is 154 Å². The molecule has 3 saturated carbocycles. The molecule has 4 N–H and O–H groups in total. The van der Waals surface area contributed by atoms with Crippen LogP contribution in [0.3, 0.4) is 0 Å². The number of rotatable bonds is 17. The summed E-state index contributed by atoms with van der Waals surface area (Å²) in [5.41, 5.74) is 0.249. The Morgan fingerprint density at radius 2 is 1.63 bits per heavy atom. The molecule has 54 heavy (non-hydrogen) atoms. The standard InChI is InChI=1S/C42H61N5O6S/c1-6-22-43-40(52)35(48)31(25-28-17-18-28)44-39(51)34-30(27(4)26(2)3)19-23-47(34)41(53)36(42(5)20-11-8-12-21-42)46-38(50)33(29-14-9-7-10-15-29)45-37(49)32-16-13-24-54-32/h6,13,16,24,26,28-31,33-34,36H,1,4,7-12,14-15,17-23,25H2,2-3,5H3,(H,43,52)(H,44,51)(H,45,49)(H,46,50)/t30-,31?,33+,34+,36-/m1/s1. The number of amides is 5. The Morgan fingerprint density at radius 3 is 2.24 bits per heavy atom. The summed E-state index contributed by atoms with van der Waals surface area (Å²) in [5, 5.41) is 13.5. The summed E-state index contributed by atoms with van der Waals surface area (Å²) in [6.07, 6.45) is 13.1. The van der Waals surface area contributed by atoms with Crippen molar-refractivity contribution in [1.82, 2.24) is 26.2 Å². The van der Waals surface area contributed by atoms with Crippen LogP contribution < -0.4 is 21.3 Å². The zero-order chi connectivity index (χ0) is 39.0. The summed E-state index contributed by atoms with van der Waals surface area (Å²) in [6, 6.07) is -0.214. The SMILES string of the molecule is C=CCNC(=O)C(=O)C(CC1CC1)NC(=O)[C@@H]1[C@@H](C(=C)C(C)C)CCN1C(=O)[C@@H](NC(=O)[C@@H](NC(=O)c1cccs1)C1CCCCC1)C1(C)CCCCC1. The Labute approximate surface area is 324 Å². The third-order valence-corrected chi connectivity index (χ3v) is 13.2. The van der Waals surface area contributed by atoms with Crippen molar-refractivity contribution in [3.8, 4) is 0 Å². The first-order valence-corrected chi connectivity index (χ1v) is 21.1. The van der Waals surface area contributed by atoms with E-state index in [9.17, 15) is 24.0 Å². The van der Waals surface area contributed by atoms with Crippen molar-refractivity contribution < 1.29 is 28.8 Å². The van der Waals surface area contributed by atoms with Crippen molar-refractivity contribution in [3.05, 3.63) is 47.2 Å². The smallest absolute Gasteiger partial charge is 0.289 e. The fourth-order valence-electron chi connectivity index (χ4n) is 8.83. The first kappa shape index (κ1) is 41.4. The minimum atomic E-state index is -1.03. The number of carbonyl (C=O) groups excluding carboxylic acids is 6. The second-order valence-corrected chi connectivity index (χ2v) is 17.6. The number of likely N-dealkylation sites (tertiary alicyclic amines) is 1. The molecule has 1 aromatic heterocycles. The number of ketones is 1. The van der Waals surface area contributed by atoms with Crippen LogP contribution in [0.15, 0.2) is 42.3 Å². The second-order valence-electron chi connectivity index (χ2n) is 16.7. The quantitative estimate of drug-likeness (QED) is 0.122. The van der Waals surface area contributed by atoms with E-state index in [1.54, 1.807) is 17.0 Å². The molecule has 1 aliphatic heterocycles. The molecule has 11 nitrogen and oxygen atoms in total. The van der Waals surface area contributed by atoms with E-state index < -0.39 is 47.2 Å². The summed E-state index contributed by atoms with van der Waals surface area (Å²) in [6.45, 7) is 14.4. The summed E-state index contributed by atoms with van der Waals surface area (Å²) in [4.78, 5) is 85.9. The molecular formula is C42H61N5O6S. The highest BCUT2D eigenvalue weighted by Crippen LogP contribution is 2.42. The molecule has 1 saturated heterocycles. The molecule has 4 aliphatic rings. The van der Waals surface area contributed by atoms with Crippen molar-refractivity contribution in [2.45, 2.75) is 135 Å². The minimum Gasteiger partial charge on any atom is -0.346 e. The Hall–Kier alpha value is -3.80. The zero-order valence-corrected chi connectivity index (χ0v) is 33.3. The maximum absolute atomic E-state index is 15.2. The molecule has 296 valence electrons. The van der Waals surface area contributed by atoms with E-state index in [-0.39, 0.29) is 54.5 Å². The van der Waals surface area contributed by atoms with Gasteiger partial charge in [0, 0.05) is 19.0 Å². The predicted molar refractivity (Wildman–Crippen MR) is 210 cm³/mol. The maximum Gasteiger partial charge on any atom is 0.289 e. The van der Waals surface area contributed by atoms with Crippen LogP contribution in [0.5, 0.6) is 0 Å². The lowest BCUT2D eigenvalue weighted by Crippen LogP contribution is -2.63. The van der Waals surface area contributed by atoms with Gasteiger partial charge in [0.2, 0.25) is 23.5 Å². The molecule has 5 rings (SSSR count). The van der Waals surface area contributed by atoms with Crippen LogP contribution in [-0.4, -0.2) is 77.5 Å². The van der Waals surface area contributed by atoms with Crippen molar-refractivity contribution in [1.29, 1.82) is 0 Å². The highest BCUT2D eigenvalue weighted by molar-refractivity contribution is 7.12. The van der Waals surface area contributed by atoms with Crippen LogP contribution in [0.2, 0.25) is 0 Å². The highest BCUT2D eigenvalue weighted by Gasteiger charge is 2.51. The van der Waals surface area contributed by atoms with Crippen molar-refractivity contribution >= 4 is 46.7 Å². The van der Waals surface area contributed by atoms with Gasteiger partial charge in [-0.25, -0.2) is 0 Å². The van der Waals surface area contributed by atoms with Crippen molar-refractivity contribution in [2.24, 2.45) is 29.1 Å².